The minimum absolute atomic E-state index is 0.565. The molecule has 0 bridgehead atoms. The molecular weight excluding hydrogens is 246 g/mol. The Morgan fingerprint density at radius 1 is 1.20 bits per heavy atom. The van der Waals surface area contributed by atoms with Crippen LogP contribution < -0.4 is 5.73 Å². The molecule has 2 aromatic rings. The molecular formula is C17H25N3. The van der Waals surface area contributed by atoms with Gasteiger partial charge in [-0.1, -0.05) is 57.5 Å². The van der Waals surface area contributed by atoms with Crippen LogP contribution in [-0.4, -0.2) is 9.55 Å². The summed E-state index contributed by atoms with van der Waals surface area (Å²) in [5, 5.41) is 0. The topological polar surface area (TPSA) is 43.8 Å². The van der Waals surface area contributed by atoms with Crippen LogP contribution in [0.1, 0.15) is 39.3 Å². The lowest BCUT2D eigenvalue weighted by atomic mass is 10.1. The Bertz CT molecular complexity index is 541. The minimum Gasteiger partial charge on any atom is -0.384 e. The zero-order chi connectivity index (χ0) is 14.5. The van der Waals surface area contributed by atoms with Gasteiger partial charge < -0.3 is 10.3 Å². The van der Waals surface area contributed by atoms with Crippen molar-refractivity contribution in [2.75, 3.05) is 5.73 Å². The molecule has 0 saturated heterocycles. The molecule has 1 aromatic heterocycles. The van der Waals surface area contributed by atoms with Crippen LogP contribution in [0.4, 0.5) is 5.82 Å². The van der Waals surface area contributed by atoms with Crippen molar-refractivity contribution < 1.29 is 0 Å². The van der Waals surface area contributed by atoms with Crippen LogP contribution in [0, 0.1) is 5.92 Å². The van der Waals surface area contributed by atoms with E-state index in [0.717, 1.165) is 48.7 Å². The van der Waals surface area contributed by atoms with E-state index in [4.69, 9.17) is 10.7 Å². The van der Waals surface area contributed by atoms with Gasteiger partial charge in [0.2, 0.25) is 0 Å². The van der Waals surface area contributed by atoms with E-state index in [1.54, 1.807) is 0 Å². The summed E-state index contributed by atoms with van der Waals surface area (Å²) in [4.78, 5) is 4.81. The van der Waals surface area contributed by atoms with Crippen molar-refractivity contribution in [3.63, 3.8) is 0 Å². The monoisotopic (exact) mass is 271 g/mol. The maximum absolute atomic E-state index is 6.33. The Hall–Kier alpha value is -1.77. The number of anilines is 1. The number of nitrogens with zero attached hydrogens (tertiary/aromatic N) is 2. The van der Waals surface area contributed by atoms with Crippen LogP contribution in [0.2, 0.25) is 0 Å². The highest BCUT2D eigenvalue weighted by Crippen LogP contribution is 2.26. The van der Waals surface area contributed by atoms with Gasteiger partial charge in [0, 0.05) is 12.1 Å². The molecule has 0 aliphatic rings. The zero-order valence-electron chi connectivity index (χ0n) is 12.8. The van der Waals surface area contributed by atoms with E-state index in [9.17, 15) is 0 Å². The van der Waals surface area contributed by atoms with Gasteiger partial charge in [-0.05, 0) is 18.8 Å². The van der Waals surface area contributed by atoms with Crippen LogP contribution in [-0.2, 0) is 13.0 Å². The minimum atomic E-state index is 0.565. The molecule has 0 amide bonds. The first kappa shape index (κ1) is 14.6. The number of hydrogen-bond donors (Lipinski definition) is 1. The second-order valence-corrected chi connectivity index (χ2v) is 5.74. The molecule has 0 unspecified atom stereocenters. The Morgan fingerprint density at radius 3 is 2.50 bits per heavy atom. The second-order valence-electron chi connectivity index (χ2n) is 5.74. The van der Waals surface area contributed by atoms with Gasteiger partial charge in [-0.15, -0.1) is 0 Å². The van der Waals surface area contributed by atoms with E-state index < -0.39 is 0 Å². The SMILES string of the molecule is CCCCn1c(-c2ccccc2)nc(CC(C)C)c1N. The number of unbranched alkanes of at least 4 members (excludes halogenated alkanes) is 1. The highest BCUT2D eigenvalue weighted by Gasteiger charge is 2.16. The fourth-order valence-electron chi connectivity index (χ4n) is 2.40. The number of imidazole rings is 1. The summed E-state index contributed by atoms with van der Waals surface area (Å²) in [7, 11) is 0. The van der Waals surface area contributed by atoms with Crippen molar-refractivity contribution in [2.24, 2.45) is 5.92 Å². The molecule has 0 aliphatic heterocycles. The van der Waals surface area contributed by atoms with Crippen molar-refractivity contribution >= 4 is 5.82 Å². The number of aromatic nitrogens is 2. The molecule has 3 heteroatoms. The largest absolute Gasteiger partial charge is 0.384 e. The van der Waals surface area contributed by atoms with E-state index in [1.165, 1.54) is 0 Å². The zero-order valence-corrected chi connectivity index (χ0v) is 12.8. The van der Waals surface area contributed by atoms with E-state index >= 15 is 0 Å². The first-order chi connectivity index (χ1) is 9.63. The number of rotatable bonds is 6. The molecule has 20 heavy (non-hydrogen) atoms. The second kappa shape index (κ2) is 6.60. The van der Waals surface area contributed by atoms with E-state index in [2.05, 4.69) is 37.5 Å². The lowest BCUT2D eigenvalue weighted by Gasteiger charge is -2.09. The van der Waals surface area contributed by atoms with Crippen LogP contribution in [0.3, 0.4) is 0 Å². The molecule has 0 radical (unpaired) electrons. The van der Waals surface area contributed by atoms with E-state index in [0.29, 0.717) is 5.92 Å². The predicted molar refractivity (Wildman–Crippen MR) is 85.5 cm³/mol. The maximum Gasteiger partial charge on any atom is 0.141 e. The molecule has 3 nitrogen and oxygen atoms in total. The lowest BCUT2D eigenvalue weighted by molar-refractivity contribution is 0.631. The van der Waals surface area contributed by atoms with Crippen molar-refractivity contribution in [1.29, 1.82) is 0 Å². The Balaban J connectivity index is 2.43. The van der Waals surface area contributed by atoms with Gasteiger partial charge in [-0.3, -0.25) is 0 Å². The first-order valence-corrected chi connectivity index (χ1v) is 7.53. The molecule has 1 heterocycles. The van der Waals surface area contributed by atoms with Gasteiger partial charge >= 0.3 is 0 Å². The Morgan fingerprint density at radius 2 is 1.90 bits per heavy atom. The summed E-state index contributed by atoms with van der Waals surface area (Å²) < 4.78 is 2.18. The van der Waals surface area contributed by atoms with Crippen molar-refractivity contribution in [1.82, 2.24) is 9.55 Å². The highest BCUT2D eigenvalue weighted by molar-refractivity contribution is 5.60. The summed E-state index contributed by atoms with van der Waals surface area (Å²) in [6.07, 6.45) is 3.22. The normalized spacial score (nSPS) is 11.2. The summed E-state index contributed by atoms with van der Waals surface area (Å²) in [6, 6.07) is 10.3. The standard InChI is InChI=1S/C17H25N3/c1-4-5-11-20-16(18)15(12-13(2)3)19-17(20)14-9-7-6-8-10-14/h6-10,13H,4-5,11-12,18H2,1-3H3. The van der Waals surface area contributed by atoms with Crippen LogP contribution >= 0.6 is 0 Å². The predicted octanol–water partition coefficient (Wildman–Crippen LogP) is 4.13. The van der Waals surface area contributed by atoms with Gasteiger partial charge in [-0.25, -0.2) is 4.98 Å². The van der Waals surface area contributed by atoms with E-state index in [1.807, 2.05) is 18.2 Å². The third-order valence-electron chi connectivity index (χ3n) is 3.45. The molecule has 2 rings (SSSR count). The number of nitrogen functional groups attached to an aromatic ring is 1. The molecule has 2 N–H and O–H groups in total. The average molecular weight is 271 g/mol. The number of benzene rings is 1. The summed E-state index contributed by atoms with van der Waals surface area (Å²) >= 11 is 0. The molecule has 0 fully saturated rings. The lowest BCUT2D eigenvalue weighted by Crippen LogP contribution is -2.06. The Labute approximate surface area is 121 Å². The van der Waals surface area contributed by atoms with Crippen molar-refractivity contribution in [2.45, 2.75) is 46.6 Å². The first-order valence-electron chi connectivity index (χ1n) is 7.53. The fourth-order valence-corrected chi connectivity index (χ4v) is 2.40. The molecule has 108 valence electrons. The van der Waals surface area contributed by atoms with Crippen LogP contribution in [0.5, 0.6) is 0 Å². The highest BCUT2D eigenvalue weighted by atomic mass is 15.1. The van der Waals surface area contributed by atoms with Gasteiger partial charge in [0.1, 0.15) is 11.6 Å². The van der Waals surface area contributed by atoms with Gasteiger partial charge in [0.05, 0.1) is 5.69 Å². The average Bonchev–Trinajstić information content (AvgIpc) is 2.74. The summed E-state index contributed by atoms with van der Waals surface area (Å²) in [6.45, 7) is 7.54. The third kappa shape index (κ3) is 3.21. The molecule has 0 saturated carbocycles. The molecule has 0 spiro atoms. The van der Waals surface area contributed by atoms with Gasteiger partial charge in [0.25, 0.3) is 0 Å². The third-order valence-corrected chi connectivity index (χ3v) is 3.45. The fraction of sp³-hybridized carbons (Fsp3) is 0.471. The van der Waals surface area contributed by atoms with E-state index in [-0.39, 0.29) is 0 Å². The number of hydrogen-bond acceptors (Lipinski definition) is 2. The molecule has 0 aliphatic carbocycles. The van der Waals surface area contributed by atoms with Crippen molar-refractivity contribution in [3.8, 4) is 11.4 Å². The smallest absolute Gasteiger partial charge is 0.141 e. The maximum atomic E-state index is 6.33. The summed E-state index contributed by atoms with van der Waals surface area (Å²) in [5.41, 5.74) is 8.51. The van der Waals surface area contributed by atoms with Gasteiger partial charge in [-0.2, -0.15) is 0 Å². The van der Waals surface area contributed by atoms with Crippen molar-refractivity contribution in [3.05, 3.63) is 36.0 Å². The molecule has 1 aromatic carbocycles. The Kier molecular flexibility index (Phi) is 4.83. The quantitative estimate of drug-likeness (QED) is 0.858. The van der Waals surface area contributed by atoms with Crippen LogP contribution in [0.25, 0.3) is 11.4 Å². The van der Waals surface area contributed by atoms with Crippen LogP contribution in [0.15, 0.2) is 30.3 Å². The van der Waals surface area contributed by atoms with Gasteiger partial charge in [0.15, 0.2) is 0 Å². The summed E-state index contributed by atoms with van der Waals surface area (Å²) in [5.74, 6) is 2.41. The number of nitrogens with two attached hydrogens (primary N) is 1. The molecule has 0 atom stereocenters.